The van der Waals surface area contributed by atoms with Gasteiger partial charge in [0, 0.05) is 16.6 Å². The molecule has 1 heterocycles. The number of benzene rings is 2. The van der Waals surface area contributed by atoms with E-state index in [1.807, 2.05) is 49.5 Å². The zero-order valence-electron chi connectivity index (χ0n) is 12.8. The van der Waals surface area contributed by atoms with Gasteiger partial charge in [0.25, 0.3) is 0 Å². The molecule has 0 saturated heterocycles. The third-order valence-electron chi connectivity index (χ3n) is 3.60. The van der Waals surface area contributed by atoms with E-state index in [2.05, 4.69) is 22.8 Å². The first-order chi connectivity index (χ1) is 10.8. The highest BCUT2D eigenvalue weighted by Crippen LogP contribution is 2.33. The molecule has 0 radical (unpaired) electrons. The summed E-state index contributed by atoms with van der Waals surface area (Å²) in [7, 11) is 1.82. The zero-order valence-corrected chi connectivity index (χ0v) is 14.4. The maximum atomic E-state index is 10.5. The monoisotopic (exact) mass is 349 g/mol. The lowest BCUT2D eigenvalue weighted by Crippen LogP contribution is -2.32. The molecule has 3 rings (SSSR count). The molecule has 0 spiro atoms. The minimum absolute atomic E-state index is 0. The summed E-state index contributed by atoms with van der Waals surface area (Å²) in [5.41, 5.74) is 0.970. The summed E-state index contributed by atoms with van der Waals surface area (Å²) in [5.74, 6) is 0.808. The van der Waals surface area contributed by atoms with Gasteiger partial charge in [-0.25, -0.2) is 0 Å². The number of fused-ring (bicyclic) bond motifs is 1. The number of rotatable bonds is 6. The molecule has 0 bridgehead atoms. The Morgan fingerprint density at radius 1 is 1.09 bits per heavy atom. The van der Waals surface area contributed by atoms with E-state index in [0.29, 0.717) is 6.54 Å². The standard InChI is InChI=1S/C18H19NO2S.ClH/c1-19-12-15(20)18(13-6-3-2-4-7-13)21-16-8-5-9-17-14(16)10-11-22-17;/h2-11,15,18-20H,12H2,1H3;1H/t15-,18+;/m0./s1. The van der Waals surface area contributed by atoms with Crippen molar-refractivity contribution < 1.29 is 9.84 Å². The molecule has 0 aliphatic heterocycles. The number of likely N-dealkylation sites (N-methyl/N-ethyl adjacent to an activating group) is 1. The first-order valence-corrected chi connectivity index (χ1v) is 8.18. The molecule has 1 aromatic heterocycles. The molecule has 0 aliphatic carbocycles. The van der Waals surface area contributed by atoms with E-state index < -0.39 is 12.2 Å². The second kappa shape index (κ2) is 8.31. The average Bonchev–Trinajstić information content (AvgIpc) is 3.03. The van der Waals surface area contributed by atoms with Crippen LogP contribution in [0, 0.1) is 0 Å². The van der Waals surface area contributed by atoms with Gasteiger partial charge in [-0.2, -0.15) is 0 Å². The van der Waals surface area contributed by atoms with Crippen molar-refractivity contribution in [3.8, 4) is 5.75 Å². The van der Waals surface area contributed by atoms with Crippen LogP contribution in [0.25, 0.3) is 10.1 Å². The second-order valence-electron chi connectivity index (χ2n) is 5.16. The number of nitrogens with one attached hydrogen (secondary N) is 1. The Kier molecular flexibility index (Phi) is 6.42. The van der Waals surface area contributed by atoms with Crippen LogP contribution in [0.15, 0.2) is 60.0 Å². The maximum absolute atomic E-state index is 10.5. The molecule has 2 atom stereocenters. The quantitative estimate of drug-likeness (QED) is 0.706. The van der Waals surface area contributed by atoms with E-state index in [1.54, 1.807) is 11.3 Å². The van der Waals surface area contributed by atoms with Crippen molar-refractivity contribution in [1.82, 2.24) is 5.32 Å². The molecule has 0 aliphatic rings. The van der Waals surface area contributed by atoms with Gasteiger partial charge in [0.05, 0.1) is 0 Å². The van der Waals surface area contributed by atoms with Crippen LogP contribution in [0.3, 0.4) is 0 Å². The minimum atomic E-state index is -0.624. The fourth-order valence-corrected chi connectivity index (χ4v) is 3.34. The molecule has 122 valence electrons. The Bertz CT molecular complexity index is 732. The topological polar surface area (TPSA) is 41.5 Å². The summed E-state index contributed by atoms with van der Waals surface area (Å²) in [4.78, 5) is 0. The predicted molar refractivity (Wildman–Crippen MR) is 98.8 cm³/mol. The first-order valence-electron chi connectivity index (χ1n) is 7.30. The number of hydrogen-bond donors (Lipinski definition) is 2. The highest BCUT2D eigenvalue weighted by atomic mass is 35.5. The molecular weight excluding hydrogens is 330 g/mol. The van der Waals surface area contributed by atoms with E-state index in [0.717, 1.165) is 16.7 Å². The summed E-state index contributed by atoms with van der Waals surface area (Å²) in [6.45, 7) is 0.471. The van der Waals surface area contributed by atoms with Crippen LogP contribution >= 0.6 is 23.7 Å². The average molecular weight is 350 g/mol. The molecule has 5 heteroatoms. The van der Waals surface area contributed by atoms with Gasteiger partial charge in [0.2, 0.25) is 0 Å². The normalized spacial score (nSPS) is 13.3. The fourth-order valence-electron chi connectivity index (χ4n) is 2.53. The van der Waals surface area contributed by atoms with Gasteiger partial charge < -0.3 is 15.2 Å². The SMILES string of the molecule is CNC[C@H](O)[C@H](Oc1cccc2sccc12)c1ccccc1.Cl. The molecule has 0 unspecified atom stereocenters. The van der Waals surface area contributed by atoms with Gasteiger partial charge >= 0.3 is 0 Å². The van der Waals surface area contributed by atoms with Crippen molar-refractivity contribution in [1.29, 1.82) is 0 Å². The van der Waals surface area contributed by atoms with Crippen molar-refractivity contribution in [3.05, 3.63) is 65.5 Å². The summed E-state index contributed by atoms with van der Waals surface area (Å²) < 4.78 is 7.39. The van der Waals surface area contributed by atoms with Gasteiger partial charge in [-0.05, 0) is 36.2 Å². The second-order valence-corrected chi connectivity index (χ2v) is 6.11. The predicted octanol–water partition coefficient (Wildman–Crippen LogP) is 4.02. The maximum Gasteiger partial charge on any atom is 0.151 e. The Hall–Kier alpha value is -1.59. The Balaban J connectivity index is 0.00000192. The number of ether oxygens (including phenoxy) is 1. The lowest BCUT2D eigenvalue weighted by molar-refractivity contribution is 0.0379. The molecule has 2 aromatic carbocycles. The van der Waals surface area contributed by atoms with E-state index in [9.17, 15) is 5.11 Å². The first kappa shape index (κ1) is 17.8. The van der Waals surface area contributed by atoms with Gasteiger partial charge in [-0.1, -0.05) is 36.4 Å². The summed E-state index contributed by atoms with van der Waals surface area (Å²) in [6, 6.07) is 17.9. The largest absolute Gasteiger partial charge is 0.482 e. The number of halogens is 1. The molecule has 0 saturated carbocycles. The highest BCUT2D eigenvalue weighted by molar-refractivity contribution is 7.17. The third-order valence-corrected chi connectivity index (χ3v) is 4.48. The van der Waals surface area contributed by atoms with E-state index in [-0.39, 0.29) is 12.4 Å². The number of aliphatic hydroxyl groups excluding tert-OH is 1. The van der Waals surface area contributed by atoms with Crippen LogP contribution in [0.1, 0.15) is 11.7 Å². The molecule has 2 N–H and O–H groups in total. The summed E-state index contributed by atoms with van der Waals surface area (Å²) >= 11 is 1.69. The van der Waals surface area contributed by atoms with Gasteiger partial charge in [0.1, 0.15) is 11.9 Å². The molecule has 23 heavy (non-hydrogen) atoms. The van der Waals surface area contributed by atoms with Crippen LogP contribution in [-0.2, 0) is 0 Å². The number of hydrogen-bond acceptors (Lipinski definition) is 4. The molecule has 3 nitrogen and oxygen atoms in total. The molecular formula is C18H20ClNO2S. The van der Waals surface area contributed by atoms with Crippen molar-refractivity contribution in [2.75, 3.05) is 13.6 Å². The summed E-state index contributed by atoms with van der Waals surface area (Å²) in [5, 5.41) is 16.6. The summed E-state index contributed by atoms with van der Waals surface area (Å²) in [6.07, 6.45) is -1.03. The number of aliphatic hydroxyl groups is 1. The van der Waals surface area contributed by atoms with Crippen molar-refractivity contribution in [2.45, 2.75) is 12.2 Å². The lowest BCUT2D eigenvalue weighted by Gasteiger charge is -2.25. The van der Waals surface area contributed by atoms with Gasteiger partial charge in [0.15, 0.2) is 6.10 Å². The van der Waals surface area contributed by atoms with E-state index in [4.69, 9.17) is 4.74 Å². The van der Waals surface area contributed by atoms with E-state index >= 15 is 0 Å². The van der Waals surface area contributed by atoms with Gasteiger partial charge in [-0.15, -0.1) is 23.7 Å². The van der Waals surface area contributed by atoms with Crippen molar-refractivity contribution in [3.63, 3.8) is 0 Å². The van der Waals surface area contributed by atoms with Crippen LogP contribution < -0.4 is 10.1 Å². The molecule has 0 fully saturated rings. The number of thiophene rings is 1. The molecule has 3 aromatic rings. The minimum Gasteiger partial charge on any atom is -0.482 e. The Morgan fingerprint density at radius 2 is 1.87 bits per heavy atom. The zero-order chi connectivity index (χ0) is 15.4. The Labute approximate surface area is 146 Å². The smallest absolute Gasteiger partial charge is 0.151 e. The molecule has 0 amide bonds. The van der Waals surface area contributed by atoms with Gasteiger partial charge in [-0.3, -0.25) is 0 Å². The fraction of sp³-hybridized carbons (Fsp3) is 0.222. The Morgan fingerprint density at radius 3 is 2.61 bits per heavy atom. The van der Waals surface area contributed by atoms with Crippen LogP contribution in [0.4, 0.5) is 0 Å². The highest BCUT2D eigenvalue weighted by Gasteiger charge is 2.23. The van der Waals surface area contributed by atoms with Crippen LogP contribution in [0.5, 0.6) is 5.75 Å². The van der Waals surface area contributed by atoms with E-state index in [1.165, 1.54) is 4.70 Å². The van der Waals surface area contributed by atoms with Crippen LogP contribution in [0.2, 0.25) is 0 Å². The lowest BCUT2D eigenvalue weighted by atomic mass is 10.0. The van der Waals surface area contributed by atoms with Crippen LogP contribution in [-0.4, -0.2) is 24.8 Å². The van der Waals surface area contributed by atoms with Crippen molar-refractivity contribution >= 4 is 33.8 Å². The third kappa shape index (κ3) is 4.03. The van der Waals surface area contributed by atoms with Crippen molar-refractivity contribution in [2.24, 2.45) is 0 Å².